The molecular formula is C31H25ClN4O5S. The Morgan fingerprint density at radius 3 is 2.45 bits per heavy atom. The van der Waals surface area contributed by atoms with E-state index in [0.717, 1.165) is 11.1 Å². The molecule has 0 saturated heterocycles. The van der Waals surface area contributed by atoms with Crippen LogP contribution in [0.4, 0.5) is 11.4 Å². The first-order valence-electron chi connectivity index (χ1n) is 12.9. The Morgan fingerprint density at radius 2 is 1.69 bits per heavy atom. The molecule has 0 aliphatic heterocycles. The molecule has 5 rings (SSSR count). The van der Waals surface area contributed by atoms with Crippen molar-refractivity contribution in [1.82, 2.24) is 9.97 Å². The second-order valence-corrected chi connectivity index (χ2v) is 10.4. The van der Waals surface area contributed by atoms with Crippen molar-refractivity contribution < 1.29 is 23.5 Å². The number of benzene rings is 3. The summed E-state index contributed by atoms with van der Waals surface area (Å²) in [6, 6.07) is 21.2. The highest BCUT2D eigenvalue weighted by Gasteiger charge is 2.25. The number of ether oxygens (including phenoxy) is 1. The van der Waals surface area contributed by atoms with E-state index in [-0.39, 0.29) is 28.8 Å². The quantitative estimate of drug-likeness (QED) is 0.104. The lowest BCUT2D eigenvalue weighted by Crippen LogP contribution is -2.19. The van der Waals surface area contributed by atoms with E-state index in [1.807, 2.05) is 31.2 Å². The summed E-state index contributed by atoms with van der Waals surface area (Å²) in [6.07, 6.45) is 1.38. The van der Waals surface area contributed by atoms with Crippen LogP contribution in [0.2, 0.25) is 5.02 Å². The first kappa shape index (κ1) is 28.8. The van der Waals surface area contributed by atoms with Crippen LogP contribution in [-0.2, 0) is 10.5 Å². The minimum absolute atomic E-state index is 0.0369. The number of hydrogen-bond acceptors (Lipinski definition) is 8. The van der Waals surface area contributed by atoms with Crippen molar-refractivity contribution >= 4 is 63.5 Å². The summed E-state index contributed by atoms with van der Waals surface area (Å²) >= 11 is 7.71. The van der Waals surface area contributed by atoms with Gasteiger partial charge in [0.15, 0.2) is 10.9 Å². The predicted octanol–water partition coefficient (Wildman–Crippen LogP) is 7.16. The van der Waals surface area contributed by atoms with Crippen LogP contribution in [0, 0.1) is 6.92 Å². The number of rotatable bonds is 9. The maximum Gasteiger partial charge on any atom is 0.338 e. The highest BCUT2D eigenvalue weighted by molar-refractivity contribution is 7.98. The maximum absolute atomic E-state index is 13.4. The summed E-state index contributed by atoms with van der Waals surface area (Å²) in [6.45, 7) is 4.00. The van der Waals surface area contributed by atoms with E-state index in [1.165, 1.54) is 18.0 Å². The van der Waals surface area contributed by atoms with Crippen LogP contribution >= 0.6 is 23.4 Å². The average Bonchev–Trinajstić information content (AvgIpc) is 3.36. The number of carbonyl (C=O) groups excluding carboxylic acids is 3. The summed E-state index contributed by atoms with van der Waals surface area (Å²) in [5.74, 6) is -1.18. The molecule has 2 aromatic heterocycles. The van der Waals surface area contributed by atoms with Crippen LogP contribution in [0.15, 0.2) is 88.6 Å². The number of anilines is 2. The topological polar surface area (TPSA) is 123 Å². The molecule has 0 atom stereocenters. The van der Waals surface area contributed by atoms with Crippen LogP contribution < -0.4 is 10.6 Å². The number of amides is 2. The van der Waals surface area contributed by atoms with Crippen molar-refractivity contribution in [2.24, 2.45) is 0 Å². The number of furan rings is 1. The molecule has 2 amide bonds. The Balaban J connectivity index is 1.38. The smallest absolute Gasteiger partial charge is 0.338 e. The molecular weight excluding hydrogens is 576 g/mol. The fraction of sp³-hybridized carbons (Fsp3) is 0.129. The molecule has 0 fully saturated rings. The molecule has 0 radical (unpaired) electrons. The van der Waals surface area contributed by atoms with Crippen molar-refractivity contribution in [2.75, 3.05) is 17.2 Å². The van der Waals surface area contributed by atoms with Crippen LogP contribution in [0.1, 0.15) is 49.5 Å². The fourth-order valence-corrected chi connectivity index (χ4v) is 5.16. The SMILES string of the molecule is CCOC(=O)c1ccc(NC(=O)c2oc3ccccc3c2NC(=O)c2nc(SCc3ccccc3C)ncc2Cl)cc1. The summed E-state index contributed by atoms with van der Waals surface area (Å²) in [7, 11) is 0. The van der Waals surface area contributed by atoms with Gasteiger partial charge in [-0.15, -0.1) is 0 Å². The highest BCUT2D eigenvalue weighted by atomic mass is 35.5. The second kappa shape index (κ2) is 12.9. The minimum atomic E-state index is -0.625. The monoisotopic (exact) mass is 600 g/mol. The molecule has 2 N–H and O–H groups in total. The number of aromatic nitrogens is 2. The van der Waals surface area contributed by atoms with Gasteiger partial charge in [0.2, 0.25) is 5.76 Å². The number of aryl methyl sites for hydroxylation is 1. The Kier molecular flexibility index (Phi) is 8.85. The normalized spacial score (nSPS) is 10.8. The van der Waals surface area contributed by atoms with E-state index in [1.54, 1.807) is 55.5 Å². The third kappa shape index (κ3) is 6.45. The van der Waals surface area contributed by atoms with Crippen molar-refractivity contribution in [3.05, 3.63) is 112 Å². The van der Waals surface area contributed by atoms with E-state index in [4.69, 9.17) is 20.8 Å². The molecule has 0 aliphatic carbocycles. The molecule has 42 heavy (non-hydrogen) atoms. The zero-order chi connectivity index (χ0) is 29.6. The summed E-state index contributed by atoms with van der Waals surface area (Å²) in [5, 5.41) is 6.47. The Morgan fingerprint density at radius 1 is 0.952 bits per heavy atom. The van der Waals surface area contributed by atoms with Crippen LogP contribution in [0.3, 0.4) is 0 Å². The largest absolute Gasteiger partial charge is 0.462 e. The number of fused-ring (bicyclic) bond motifs is 1. The van der Waals surface area contributed by atoms with Crippen molar-refractivity contribution in [3.8, 4) is 0 Å². The van der Waals surface area contributed by atoms with Gasteiger partial charge in [-0.1, -0.05) is 59.8 Å². The highest BCUT2D eigenvalue weighted by Crippen LogP contribution is 2.32. The van der Waals surface area contributed by atoms with Gasteiger partial charge in [0.1, 0.15) is 11.3 Å². The summed E-state index contributed by atoms with van der Waals surface area (Å²) in [4.78, 5) is 47.3. The third-order valence-corrected chi connectivity index (χ3v) is 7.44. The second-order valence-electron chi connectivity index (χ2n) is 9.07. The molecule has 5 aromatic rings. The van der Waals surface area contributed by atoms with Gasteiger partial charge in [0, 0.05) is 16.8 Å². The zero-order valence-electron chi connectivity index (χ0n) is 22.6. The van der Waals surface area contributed by atoms with Crippen LogP contribution in [-0.4, -0.2) is 34.4 Å². The van der Waals surface area contributed by atoms with Gasteiger partial charge in [0.05, 0.1) is 23.4 Å². The van der Waals surface area contributed by atoms with E-state index in [9.17, 15) is 14.4 Å². The lowest BCUT2D eigenvalue weighted by atomic mass is 10.1. The Bertz CT molecular complexity index is 1790. The Labute approximate surface area is 250 Å². The molecule has 9 nitrogen and oxygen atoms in total. The molecule has 212 valence electrons. The van der Waals surface area contributed by atoms with Gasteiger partial charge >= 0.3 is 5.97 Å². The molecule has 2 heterocycles. The van der Waals surface area contributed by atoms with Gasteiger partial charge in [-0.3, -0.25) is 9.59 Å². The number of esters is 1. The summed E-state index contributed by atoms with van der Waals surface area (Å²) in [5.41, 5.74) is 3.57. The molecule has 0 bridgehead atoms. The van der Waals surface area contributed by atoms with Gasteiger partial charge in [0.25, 0.3) is 11.8 Å². The molecule has 11 heteroatoms. The van der Waals surface area contributed by atoms with E-state index in [0.29, 0.717) is 33.1 Å². The number of halogens is 1. The zero-order valence-corrected chi connectivity index (χ0v) is 24.2. The molecule has 0 unspecified atom stereocenters. The van der Waals surface area contributed by atoms with Gasteiger partial charge in [-0.25, -0.2) is 14.8 Å². The average molecular weight is 601 g/mol. The molecule has 0 aliphatic rings. The molecule has 0 spiro atoms. The fourth-order valence-electron chi connectivity index (χ4n) is 4.09. The Hall–Kier alpha value is -4.67. The van der Waals surface area contributed by atoms with Gasteiger partial charge in [-0.2, -0.15) is 0 Å². The first-order chi connectivity index (χ1) is 20.3. The number of nitrogens with one attached hydrogen (secondary N) is 2. The molecule has 0 saturated carbocycles. The van der Waals surface area contributed by atoms with Crippen molar-refractivity contribution in [3.63, 3.8) is 0 Å². The van der Waals surface area contributed by atoms with Crippen molar-refractivity contribution in [2.45, 2.75) is 24.8 Å². The number of thioether (sulfide) groups is 1. The van der Waals surface area contributed by atoms with Crippen LogP contribution in [0.25, 0.3) is 11.0 Å². The lowest BCUT2D eigenvalue weighted by molar-refractivity contribution is 0.0526. The lowest BCUT2D eigenvalue weighted by Gasteiger charge is -2.09. The molecule has 3 aromatic carbocycles. The van der Waals surface area contributed by atoms with Crippen molar-refractivity contribution in [1.29, 1.82) is 0 Å². The van der Waals surface area contributed by atoms with E-state index in [2.05, 4.69) is 20.6 Å². The van der Waals surface area contributed by atoms with Gasteiger partial charge < -0.3 is 19.8 Å². The van der Waals surface area contributed by atoms with Gasteiger partial charge in [-0.05, 0) is 61.4 Å². The van der Waals surface area contributed by atoms with Crippen LogP contribution in [0.5, 0.6) is 0 Å². The number of carbonyl (C=O) groups is 3. The van der Waals surface area contributed by atoms with E-state index < -0.39 is 17.8 Å². The minimum Gasteiger partial charge on any atom is -0.462 e. The summed E-state index contributed by atoms with van der Waals surface area (Å²) < 4.78 is 10.8. The standard InChI is InChI=1S/C31H25ClN4O5S/c1-3-40-30(39)19-12-14-21(15-13-19)34-29(38)27-25(22-10-6-7-11-24(22)41-27)35-28(37)26-23(32)16-33-31(36-26)42-17-20-9-5-4-8-18(20)2/h4-16H,3,17H2,1-2H3,(H,34,38)(H,35,37). The predicted molar refractivity (Wildman–Crippen MR) is 162 cm³/mol. The number of para-hydroxylation sites is 1. The first-order valence-corrected chi connectivity index (χ1v) is 14.3. The van der Waals surface area contributed by atoms with E-state index >= 15 is 0 Å². The third-order valence-electron chi connectivity index (χ3n) is 6.25. The number of nitrogens with zero attached hydrogens (tertiary/aromatic N) is 2. The maximum atomic E-state index is 13.4. The number of hydrogen-bond donors (Lipinski definition) is 2.